The molecule has 4 rings (SSSR count). The quantitative estimate of drug-likeness (QED) is 0.401. The molecule has 142 valence electrons. The van der Waals surface area contributed by atoms with Gasteiger partial charge < -0.3 is 5.32 Å². The Labute approximate surface area is 171 Å². The molecule has 0 saturated heterocycles. The second kappa shape index (κ2) is 8.57. The number of hydrogen-bond acceptors (Lipinski definition) is 1. The Kier molecular flexibility index (Phi) is 5.53. The average Bonchev–Trinajstić information content (AvgIpc) is 2.78. The summed E-state index contributed by atoms with van der Waals surface area (Å²) in [6, 6.07) is 32.9. The summed E-state index contributed by atoms with van der Waals surface area (Å²) in [6.07, 6.45) is 3.44. The number of carbonyl (C=O) groups is 1. The summed E-state index contributed by atoms with van der Waals surface area (Å²) in [7, 11) is 0. The maximum atomic E-state index is 12.4. The molecule has 0 radical (unpaired) electrons. The van der Waals surface area contributed by atoms with Gasteiger partial charge in [-0.05, 0) is 52.1 Å². The van der Waals surface area contributed by atoms with Crippen molar-refractivity contribution in [3.63, 3.8) is 0 Å². The highest BCUT2D eigenvalue weighted by atomic mass is 16.1. The molecule has 0 aromatic heterocycles. The highest BCUT2D eigenvalue weighted by Crippen LogP contribution is 2.21. The summed E-state index contributed by atoms with van der Waals surface area (Å²) in [6.45, 7) is 2.00. The molecule has 0 spiro atoms. The molecule has 2 nitrogen and oxygen atoms in total. The molecule has 0 heterocycles. The fourth-order valence-electron chi connectivity index (χ4n) is 3.41. The Morgan fingerprint density at radius 1 is 0.759 bits per heavy atom. The third-order valence-corrected chi connectivity index (χ3v) is 5.08. The first-order valence-electron chi connectivity index (χ1n) is 9.82. The molecule has 1 amide bonds. The lowest BCUT2D eigenvalue weighted by molar-refractivity contribution is -0.117. The predicted octanol–water partition coefficient (Wildman–Crippen LogP) is 6.40. The molecule has 0 saturated carbocycles. The molecule has 0 aliphatic rings. The van der Waals surface area contributed by atoms with Gasteiger partial charge in [0.2, 0.25) is 5.91 Å². The lowest BCUT2D eigenvalue weighted by Gasteiger charge is -2.14. The topological polar surface area (TPSA) is 29.1 Å². The van der Waals surface area contributed by atoms with Crippen LogP contribution in [0.4, 0.5) is 0 Å². The Morgan fingerprint density at radius 2 is 1.41 bits per heavy atom. The monoisotopic (exact) mass is 377 g/mol. The summed E-state index contributed by atoms with van der Waals surface area (Å²) in [5.41, 5.74) is 4.44. The summed E-state index contributed by atoms with van der Waals surface area (Å²) < 4.78 is 0. The minimum Gasteiger partial charge on any atom is -0.346 e. The normalized spacial score (nSPS) is 12.2. The zero-order valence-electron chi connectivity index (χ0n) is 16.4. The summed E-state index contributed by atoms with van der Waals surface area (Å²) in [4.78, 5) is 12.4. The number of hydrogen-bond donors (Lipinski definition) is 1. The summed E-state index contributed by atoms with van der Waals surface area (Å²) in [5, 5.41) is 5.43. The molecule has 0 aliphatic carbocycles. The van der Waals surface area contributed by atoms with E-state index in [9.17, 15) is 4.79 Å². The van der Waals surface area contributed by atoms with Crippen LogP contribution in [0.1, 0.15) is 24.1 Å². The first kappa shape index (κ1) is 18.7. The Morgan fingerprint density at radius 3 is 2.17 bits per heavy atom. The van der Waals surface area contributed by atoms with Gasteiger partial charge >= 0.3 is 0 Å². The van der Waals surface area contributed by atoms with Crippen molar-refractivity contribution in [2.75, 3.05) is 0 Å². The highest BCUT2D eigenvalue weighted by Gasteiger charge is 2.08. The first-order chi connectivity index (χ1) is 14.2. The van der Waals surface area contributed by atoms with Crippen LogP contribution in [0.5, 0.6) is 0 Å². The molecule has 1 unspecified atom stereocenters. The van der Waals surface area contributed by atoms with Crippen LogP contribution in [0.3, 0.4) is 0 Å². The van der Waals surface area contributed by atoms with E-state index in [0.717, 1.165) is 16.7 Å². The van der Waals surface area contributed by atoms with Gasteiger partial charge in [-0.1, -0.05) is 91.0 Å². The van der Waals surface area contributed by atoms with E-state index in [1.165, 1.54) is 16.3 Å². The maximum Gasteiger partial charge on any atom is 0.244 e. The van der Waals surface area contributed by atoms with Crippen molar-refractivity contribution in [1.29, 1.82) is 0 Å². The largest absolute Gasteiger partial charge is 0.346 e. The average molecular weight is 377 g/mol. The molecule has 29 heavy (non-hydrogen) atoms. The molecule has 0 bridgehead atoms. The highest BCUT2D eigenvalue weighted by molar-refractivity contribution is 5.92. The number of amides is 1. The first-order valence-corrected chi connectivity index (χ1v) is 9.82. The smallest absolute Gasteiger partial charge is 0.244 e. The van der Waals surface area contributed by atoms with Gasteiger partial charge in [0.05, 0.1) is 6.04 Å². The summed E-state index contributed by atoms with van der Waals surface area (Å²) in [5.74, 6) is -0.0993. The number of rotatable bonds is 5. The van der Waals surface area contributed by atoms with Gasteiger partial charge in [0, 0.05) is 6.08 Å². The van der Waals surface area contributed by atoms with Crippen molar-refractivity contribution in [2.24, 2.45) is 0 Å². The van der Waals surface area contributed by atoms with Crippen LogP contribution >= 0.6 is 0 Å². The zero-order valence-corrected chi connectivity index (χ0v) is 16.4. The van der Waals surface area contributed by atoms with Crippen molar-refractivity contribution in [3.8, 4) is 11.1 Å². The van der Waals surface area contributed by atoms with E-state index in [2.05, 4.69) is 59.9 Å². The molecule has 1 atom stereocenters. The second-order valence-electron chi connectivity index (χ2n) is 7.16. The van der Waals surface area contributed by atoms with Crippen molar-refractivity contribution >= 4 is 22.8 Å². The predicted molar refractivity (Wildman–Crippen MR) is 121 cm³/mol. The number of nitrogens with one attached hydrogen (secondary N) is 1. The van der Waals surface area contributed by atoms with Crippen molar-refractivity contribution < 1.29 is 4.79 Å². The third kappa shape index (κ3) is 4.61. The lowest BCUT2D eigenvalue weighted by atomic mass is 10.0. The van der Waals surface area contributed by atoms with E-state index in [-0.39, 0.29) is 11.9 Å². The van der Waals surface area contributed by atoms with Crippen LogP contribution in [0.2, 0.25) is 0 Å². The van der Waals surface area contributed by atoms with Gasteiger partial charge in [-0.25, -0.2) is 0 Å². The van der Waals surface area contributed by atoms with Crippen LogP contribution in [0.15, 0.2) is 103 Å². The van der Waals surface area contributed by atoms with Crippen LogP contribution in [-0.2, 0) is 4.79 Å². The molecular formula is C27H23NO. The van der Waals surface area contributed by atoms with Gasteiger partial charge in [0.1, 0.15) is 0 Å². The Balaban J connectivity index is 1.40. The van der Waals surface area contributed by atoms with E-state index in [4.69, 9.17) is 0 Å². The molecule has 0 aliphatic heterocycles. The minimum absolute atomic E-state index is 0.0581. The fraction of sp³-hybridized carbons (Fsp3) is 0.0741. The van der Waals surface area contributed by atoms with Crippen molar-refractivity contribution in [3.05, 3.63) is 114 Å². The molecule has 0 fully saturated rings. The van der Waals surface area contributed by atoms with E-state index >= 15 is 0 Å². The van der Waals surface area contributed by atoms with Crippen LogP contribution < -0.4 is 5.32 Å². The molecule has 4 aromatic carbocycles. The number of carbonyl (C=O) groups excluding carboxylic acids is 1. The van der Waals surface area contributed by atoms with Gasteiger partial charge in [-0.15, -0.1) is 0 Å². The fourth-order valence-corrected chi connectivity index (χ4v) is 3.41. The molecule has 1 N–H and O–H groups in total. The van der Waals surface area contributed by atoms with Crippen LogP contribution in [0, 0.1) is 0 Å². The van der Waals surface area contributed by atoms with Gasteiger partial charge in [-0.2, -0.15) is 0 Å². The van der Waals surface area contributed by atoms with Crippen molar-refractivity contribution in [2.45, 2.75) is 13.0 Å². The zero-order chi connectivity index (χ0) is 20.1. The molecule has 2 heteroatoms. The second-order valence-corrected chi connectivity index (χ2v) is 7.16. The standard InChI is InChI=1S/C27H23NO/c1-20(25-17-16-23-9-5-6-10-26(23)19-25)28-27(29)18-13-21-11-14-24(15-12-21)22-7-3-2-4-8-22/h2-20H,1H3,(H,28,29)/b18-13+. The van der Waals surface area contributed by atoms with Gasteiger partial charge in [-0.3, -0.25) is 4.79 Å². The van der Waals surface area contributed by atoms with E-state index in [1.54, 1.807) is 6.08 Å². The summed E-state index contributed by atoms with van der Waals surface area (Å²) >= 11 is 0. The van der Waals surface area contributed by atoms with Crippen LogP contribution in [0.25, 0.3) is 28.0 Å². The van der Waals surface area contributed by atoms with Gasteiger partial charge in [0.15, 0.2) is 0 Å². The Hall–Kier alpha value is -3.65. The minimum atomic E-state index is -0.0993. The lowest BCUT2D eigenvalue weighted by Crippen LogP contribution is -2.24. The van der Waals surface area contributed by atoms with E-state index in [1.807, 2.05) is 55.5 Å². The van der Waals surface area contributed by atoms with E-state index < -0.39 is 0 Å². The third-order valence-electron chi connectivity index (χ3n) is 5.08. The number of fused-ring (bicyclic) bond motifs is 1. The SMILES string of the molecule is CC(NC(=O)/C=C/c1ccc(-c2ccccc2)cc1)c1ccc2ccccc2c1. The molecule has 4 aromatic rings. The Bertz CT molecular complexity index is 1140. The van der Waals surface area contributed by atoms with Crippen LogP contribution in [-0.4, -0.2) is 5.91 Å². The number of benzene rings is 4. The maximum absolute atomic E-state index is 12.4. The van der Waals surface area contributed by atoms with Crippen molar-refractivity contribution in [1.82, 2.24) is 5.32 Å². The van der Waals surface area contributed by atoms with E-state index in [0.29, 0.717) is 0 Å². The molecular weight excluding hydrogens is 354 g/mol. The van der Waals surface area contributed by atoms with Gasteiger partial charge in [0.25, 0.3) is 0 Å².